The minimum absolute atomic E-state index is 0.286. The highest BCUT2D eigenvalue weighted by Gasteiger charge is 2.65. The Bertz CT molecular complexity index is 877. The number of methoxy groups -OCH3 is 1. The van der Waals surface area contributed by atoms with E-state index in [1.54, 1.807) is 7.11 Å². The Balaban J connectivity index is 1.38. The first-order valence-corrected chi connectivity index (χ1v) is 10.4. The maximum absolute atomic E-state index is 13.6. The first-order chi connectivity index (χ1) is 13.7. The number of rotatable bonds is 5. The van der Waals surface area contributed by atoms with Crippen molar-refractivity contribution in [2.45, 2.75) is 50.9 Å². The summed E-state index contributed by atoms with van der Waals surface area (Å²) in [5.41, 5.74) is 2.15. The van der Waals surface area contributed by atoms with Gasteiger partial charge in [0.2, 0.25) is 5.91 Å². The smallest absolute Gasteiger partial charge is 0.243 e. The lowest BCUT2D eigenvalue weighted by molar-refractivity contribution is -0.137. The first-order valence-electron chi connectivity index (χ1n) is 10.4. The van der Waals surface area contributed by atoms with Crippen molar-refractivity contribution in [1.82, 2.24) is 19.6 Å². The van der Waals surface area contributed by atoms with Crippen molar-refractivity contribution in [3.05, 3.63) is 47.8 Å². The number of amides is 1. The van der Waals surface area contributed by atoms with Crippen LogP contribution < -0.4 is 4.74 Å². The molecule has 0 bridgehead atoms. The molecule has 0 unspecified atom stereocenters. The highest BCUT2D eigenvalue weighted by Crippen LogP contribution is 2.56. The minimum atomic E-state index is -0.286. The zero-order chi connectivity index (χ0) is 19.3. The molecule has 6 nitrogen and oxygen atoms in total. The van der Waals surface area contributed by atoms with Gasteiger partial charge in [0.05, 0.1) is 13.3 Å². The average molecular weight is 380 g/mol. The molecule has 1 amide bonds. The molecule has 28 heavy (non-hydrogen) atoms. The Morgan fingerprint density at radius 3 is 2.82 bits per heavy atom. The topological polar surface area (TPSA) is 50.6 Å². The van der Waals surface area contributed by atoms with Gasteiger partial charge >= 0.3 is 0 Å². The summed E-state index contributed by atoms with van der Waals surface area (Å²) in [7, 11) is 1.68. The molecule has 3 aliphatic rings. The van der Waals surface area contributed by atoms with Gasteiger partial charge < -0.3 is 9.64 Å². The predicted octanol–water partition coefficient (Wildman–Crippen LogP) is 2.85. The summed E-state index contributed by atoms with van der Waals surface area (Å²) in [6, 6.07) is 8.40. The molecular weight excluding hydrogens is 352 g/mol. The second kappa shape index (κ2) is 6.62. The van der Waals surface area contributed by atoms with Gasteiger partial charge in [-0.1, -0.05) is 12.1 Å². The summed E-state index contributed by atoms with van der Waals surface area (Å²) >= 11 is 0. The van der Waals surface area contributed by atoms with E-state index in [0.717, 1.165) is 50.2 Å². The summed E-state index contributed by atoms with van der Waals surface area (Å²) in [6.45, 7) is 5.56. The number of carbonyl (C=O) groups is 1. The van der Waals surface area contributed by atoms with Crippen molar-refractivity contribution < 1.29 is 9.53 Å². The number of ether oxygens (including phenoxy) is 1. The molecule has 3 atom stereocenters. The Morgan fingerprint density at radius 2 is 2.11 bits per heavy atom. The molecule has 1 aromatic carbocycles. The third-order valence-electron chi connectivity index (χ3n) is 7.02. The lowest BCUT2D eigenvalue weighted by Crippen LogP contribution is -2.49. The van der Waals surface area contributed by atoms with Crippen LogP contribution in [0.25, 0.3) is 0 Å². The fourth-order valence-corrected chi connectivity index (χ4v) is 5.71. The maximum Gasteiger partial charge on any atom is 0.243 e. The van der Waals surface area contributed by atoms with E-state index in [-0.39, 0.29) is 5.54 Å². The molecule has 3 fully saturated rings. The van der Waals surface area contributed by atoms with E-state index in [4.69, 9.17) is 4.74 Å². The van der Waals surface area contributed by atoms with Crippen LogP contribution in [0.3, 0.4) is 0 Å². The van der Waals surface area contributed by atoms with Gasteiger partial charge in [-0.2, -0.15) is 5.10 Å². The number of aromatic nitrogens is 2. The van der Waals surface area contributed by atoms with Crippen molar-refractivity contribution in [1.29, 1.82) is 0 Å². The number of carbonyl (C=O) groups excluding carboxylic acids is 1. The molecule has 148 valence electrons. The van der Waals surface area contributed by atoms with E-state index in [1.807, 2.05) is 23.0 Å². The van der Waals surface area contributed by atoms with Gasteiger partial charge in [0.1, 0.15) is 11.3 Å². The number of nitrogens with zero attached hydrogens (tertiary/aromatic N) is 4. The van der Waals surface area contributed by atoms with Gasteiger partial charge in [0.25, 0.3) is 0 Å². The van der Waals surface area contributed by atoms with Crippen LogP contribution in [-0.2, 0) is 17.9 Å². The van der Waals surface area contributed by atoms with E-state index in [9.17, 15) is 4.79 Å². The van der Waals surface area contributed by atoms with Gasteiger partial charge in [0.15, 0.2) is 0 Å². The lowest BCUT2D eigenvalue weighted by atomic mass is 9.85. The van der Waals surface area contributed by atoms with Gasteiger partial charge in [-0.15, -0.1) is 0 Å². The molecule has 1 aromatic heterocycles. The number of hydrogen-bond acceptors (Lipinski definition) is 4. The molecule has 5 rings (SSSR count). The van der Waals surface area contributed by atoms with Gasteiger partial charge in [0, 0.05) is 43.4 Å². The predicted molar refractivity (Wildman–Crippen MR) is 106 cm³/mol. The average Bonchev–Trinajstić information content (AvgIpc) is 3.46. The van der Waals surface area contributed by atoms with Crippen molar-refractivity contribution in [3.8, 4) is 5.75 Å². The van der Waals surface area contributed by atoms with Gasteiger partial charge in [-0.05, 0) is 50.4 Å². The van der Waals surface area contributed by atoms with E-state index < -0.39 is 0 Å². The summed E-state index contributed by atoms with van der Waals surface area (Å²) < 4.78 is 7.24. The van der Waals surface area contributed by atoms with Gasteiger partial charge in [-0.3, -0.25) is 14.4 Å². The van der Waals surface area contributed by atoms with E-state index in [1.165, 1.54) is 5.56 Å². The highest BCUT2D eigenvalue weighted by molar-refractivity contribution is 5.90. The molecule has 0 N–H and O–H groups in total. The Kier molecular flexibility index (Phi) is 4.19. The van der Waals surface area contributed by atoms with Crippen LogP contribution >= 0.6 is 0 Å². The largest absolute Gasteiger partial charge is 0.497 e. The molecule has 4 heterocycles. The number of benzene rings is 1. The zero-order valence-electron chi connectivity index (χ0n) is 16.7. The summed E-state index contributed by atoms with van der Waals surface area (Å²) in [5.74, 6) is 1.59. The minimum Gasteiger partial charge on any atom is -0.497 e. The number of aryl methyl sites for hydroxylation is 1. The Hall–Kier alpha value is -2.34. The third-order valence-corrected chi connectivity index (χ3v) is 7.02. The van der Waals surface area contributed by atoms with Gasteiger partial charge in [-0.25, -0.2) is 0 Å². The van der Waals surface area contributed by atoms with Crippen molar-refractivity contribution >= 4 is 5.91 Å². The second-order valence-electron chi connectivity index (χ2n) is 8.33. The molecular formula is C22H28N4O2. The van der Waals surface area contributed by atoms with Crippen LogP contribution in [0.15, 0.2) is 36.7 Å². The van der Waals surface area contributed by atoms with Crippen LogP contribution in [0.4, 0.5) is 0 Å². The van der Waals surface area contributed by atoms with E-state index >= 15 is 0 Å². The van der Waals surface area contributed by atoms with Crippen LogP contribution in [0.2, 0.25) is 0 Å². The molecule has 3 saturated heterocycles. The SMILES string of the molecule is CCn1cc([C@@H]2C[C@H]3CN(Cc4ccc(OC)cc4)C(=O)[C@]34CCCN24)cn1. The second-order valence-corrected chi connectivity index (χ2v) is 8.33. The molecule has 3 aliphatic heterocycles. The molecule has 0 radical (unpaired) electrons. The first kappa shape index (κ1) is 17.7. The maximum atomic E-state index is 13.6. The Labute approximate surface area is 166 Å². The molecule has 6 heteroatoms. The molecule has 2 aromatic rings. The third kappa shape index (κ3) is 2.50. The summed E-state index contributed by atoms with van der Waals surface area (Å²) in [6.07, 6.45) is 7.32. The number of likely N-dealkylation sites (tertiary alicyclic amines) is 1. The van der Waals surface area contributed by atoms with E-state index in [0.29, 0.717) is 24.4 Å². The van der Waals surface area contributed by atoms with Crippen LogP contribution in [0.1, 0.15) is 43.4 Å². The quantitative estimate of drug-likeness (QED) is 0.800. The van der Waals surface area contributed by atoms with E-state index in [2.05, 4.69) is 40.2 Å². The van der Waals surface area contributed by atoms with Crippen molar-refractivity contribution in [3.63, 3.8) is 0 Å². The van der Waals surface area contributed by atoms with Crippen LogP contribution in [-0.4, -0.2) is 51.2 Å². The van der Waals surface area contributed by atoms with Crippen molar-refractivity contribution in [2.75, 3.05) is 20.2 Å². The molecule has 0 saturated carbocycles. The fourth-order valence-electron chi connectivity index (χ4n) is 5.71. The standard InChI is InChI=1S/C22H28N4O2/c1-3-25-14-17(12-23-25)20-11-18-15-24(13-16-5-7-19(28-2)8-6-16)21(27)22(18)9-4-10-26(20)22/h5-8,12,14,18,20H,3-4,9-11,13,15H2,1-2H3/t18-,20-,22-/m0/s1. The number of hydrogen-bond donors (Lipinski definition) is 0. The van der Waals surface area contributed by atoms with Crippen molar-refractivity contribution in [2.24, 2.45) is 5.92 Å². The summed E-state index contributed by atoms with van der Waals surface area (Å²) in [4.78, 5) is 18.2. The zero-order valence-corrected chi connectivity index (χ0v) is 16.7. The highest BCUT2D eigenvalue weighted by atomic mass is 16.5. The Morgan fingerprint density at radius 1 is 1.29 bits per heavy atom. The monoisotopic (exact) mass is 380 g/mol. The van der Waals surface area contributed by atoms with Crippen LogP contribution in [0.5, 0.6) is 5.75 Å². The van der Waals surface area contributed by atoms with Crippen LogP contribution in [0, 0.1) is 5.92 Å². The fraction of sp³-hybridized carbons (Fsp3) is 0.545. The normalized spacial score (nSPS) is 29.4. The molecule has 1 spiro atoms. The lowest BCUT2D eigenvalue weighted by Gasteiger charge is -2.33. The molecule has 0 aliphatic carbocycles. The summed E-state index contributed by atoms with van der Waals surface area (Å²) in [5, 5.41) is 4.47.